The third kappa shape index (κ3) is 2.72. The van der Waals surface area contributed by atoms with Crippen molar-refractivity contribution in [3.05, 3.63) is 76.3 Å². The highest BCUT2D eigenvalue weighted by molar-refractivity contribution is 5.76. The van der Waals surface area contributed by atoms with E-state index in [9.17, 15) is 18.0 Å². The minimum Gasteiger partial charge on any atom is -0.294 e. The number of benzene rings is 2. The molecule has 2 aromatic carbocycles. The molecule has 0 radical (unpaired) electrons. The maximum absolute atomic E-state index is 12.5. The molecule has 22 heavy (non-hydrogen) atoms. The topological polar surface area (TPSA) is 34.9 Å². The summed E-state index contributed by atoms with van der Waals surface area (Å²) < 4.78 is 38.9. The summed E-state index contributed by atoms with van der Waals surface area (Å²) >= 11 is 0. The average molecular weight is 304 g/mol. The highest BCUT2D eigenvalue weighted by Gasteiger charge is 2.29. The molecule has 0 saturated heterocycles. The van der Waals surface area contributed by atoms with Crippen LogP contribution in [0.2, 0.25) is 0 Å². The molecule has 0 amide bonds. The maximum atomic E-state index is 12.5. The van der Waals surface area contributed by atoms with Crippen LogP contribution in [0.1, 0.15) is 11.1 Å². The van der Waals surface area contributed by atoms with E-state index in [-0.39, 0.29) is 12.1 Å². The number of fused-ring (bicyclic) bond motifs is 1. The molecule has 1 heterocycles. The van der Waals surface area contributed by atoms with E-state index in [1.807, 2.05) is 0 Å². The first-order valence-corrected chi connectivity index (χ1v) is 6.55. The number of para-hydroxylation sites is 1. The van der Waals surface area contributed by atoms with Crippen molar-refractivity contribution >= 4 is 10.9 Å². The second kappa shape index (κ2) is 5.29. The molecule has 0 atom stereocenters. The highest BCUT2D eigenvalue weighted by Crippen LogP contribution is 2.29. The Bertz CT molecular complexity index is 867. The van der Waals surface area contributed by atoms with E-state index in [1.54, 1.807) is 24.3 Å². The van der Waals surface area contributed by atoms with Gasteiger partial charge >= 0.3 is 6.18 Å². The van der Waals surface area contributed by atoms with Gasteiger partial charge in [0.25, 0.3) is 5.56 Å². The molecule has 0 aliphatic heterocycles. The van der Waals surface area contributed by atoms with E-state index in [4.69, 9.17) is 0 Å². The molecule has 6 heteroatoms. The monoisotopic (exact) mass is 304 g/mol. The van der Waals surface area contributed by atoms with Crippen LogP contribution in [-0.4, -0.2) is 9.55 Å². The number of halogens is 3. The molecule has 3 rings (SSSR count). The SMILES string of the molecule is O=c1c2ccccc2ncn1Cc1ccc(C(F)(F)F)cc1. The van der Waals surface area contributed by atoms with Crippen molar-refractivity contribution < 1.29 is 13.2 Å². The van der Waals surface area contributed by atoms with Crippen molar-refractivity contribution in [1.82, 2.24) is 9.55 Å². The third-order valence-electron chi connectivity index (χ3n) is 3.37. The van der Waals surface area contributed by atoms with Gasteiger partial charge in [-0.15, -0.1) is 0 Å². The van der Waals surface area contributed by atoms with Crippen molar-refractivity contribution in [2.45, 2.75) is 12.7 Å². The largest absolute Gasteiger partial charge is 0.416 e. The molecule has 0 saturated carbocycles. The molecule has 0 spiro atoms. The maximum Gasteiger partial charge on any atom is 0.416 e. The Morgan fingerprint density at radius 2 is 1.68 bits per heavy atom. The number of hydrogen-bond acceptors (Lipinski definition) is 2. The number of rotatable bonds is 2. The zero-order valence-corrected chi connectivity index (χ0v) is 11.3. The lowest BCUT2D eigenvalue weighted by Crippen LogP contribution is -2.21. The zero-order chi connectivity index (χ0) is 15.7. The zero-order valence-electron chi connectivity index (χ0n) is 11.3. The van der Waals surface area contributed by atoms with Gasteiger partial charge in [0, 0.05) is 0 Å². The smallest absolute Gasteiger partial charge is 0.294 e. The first-order valence-electron chi connectivity index (χ1n) is 6.55. The predicted molar refractivity (Wildman–Crippen MR) is 76.5 cm³/mol. The predicted octanol–water partition coefficient (Wildman–Crippen LogP) is 3.46. The molecule has 0 bridgehead atoms. The third-order valence-corrected chi connectivity index (χ3v) is 3.37. The summed E-state index contributed by atoms with van der Waals surface area (Å²) in [5.41, 5.74) is 0.272. The Kier molecular flexibility index (Phi) is 3.44. The van der Waals surface area contributed by atoms with Crippen LogP contribution < -0.4 is 5.56 Å². The molecule has 0 fully saturated rings. The van der Waals surface area contributed by atoms with Crippen LogP contribution in [0.15, 0.2) is 59.7 Å². The Balaban J connectivity index is 1.93. The van der Waals surface area contributed by atoms with Crippen molar-refractivity contribution in [3.8, 4) is 0 Å². The van der Waals surface area contributed by atoms with Gasteiger partial charge in [0.15, 0.2) is 0 Å². The fourth-order valence-electron chi connectivity index (χ4n) is 2.21. The van der Waals surface area contributed by atoms with E-state index in [2.05, 4.69) is 4.98 Å². The molecular formula is C16H11F3N2O. The highest BCUT2D eigenvalue weighted by atomic mass is 19.4. The average Bonchev–Trinajstić information content (AvgIpc) is 2.50. The lowest BCUT2D eigenvalue weighted by Gasteiger charge is -2.09. The first kappa shape index (κ1) is 14.3. The summed E-state index contributed by atoms with van der Waals surface area (Å²) in [5, 5.41) is 0.483. The summed E-state index contributed by atoms with van der Waals surface area (Å²) in [6.45, 7) is 0.175. The fraction of sp³-hybridized carbons (Fsp3) is 0.125. The van der Waals surface area contributed by atoms with Crippen molar-refractivity contribution in [3.63, 3.8) is 0 Å². The Hall–Kier alpha value is -2.63. The van der Waals surface area contributed by atoms with Crippen molar-refractivity contribution in [1.29, 1.82) is 0 Å². The van der Waals surface area contributed by atoms with Gasteiger partial charge in [-0.2, -0.15) is 13.2 Å². The summed E-state index contributed by atoms with van der Waals surface area (Å²) in [6, 6.07) is 11.7. The van der Waals surface area contributed by atoms with Gasteiger partial charge in [-0.05, 0) is 29.8 Å². The van der Waals surface area contributed by atoms with Crippen molar-refractivity contribution in [2.75, 3.05) is 0 Å². The van der Waals surface area contributed by atoms with Gasteiger partial charge in [0.1, 0.15) is 0 Å². The molecular weight excluding hydrogens is 293 g/mol. The minimum absolute atomic E-state index is 0.175. The Morgan fingerprint density at radius 1 is 1.00 bits per heavy atom. The van der Waals surface area contributed by atoms with E-state index < -0.39 is 11.7 Å². The lowest BCUT2D eigenvalue weighted by atomic mass is 10.1. The molecule has 0 unspecified atom stereocenters. The number of nitrogens with zero attached hydrogens (tertiary/aromatic N) is 2. The Morgan fingerprint density at radius 3 is 2.36 bits per heavy atom. The molecule has 112 valence electrons. The van der Waals surface area contributed by atoms with Crippen LogP contribution in [-0.2, 0) is 12.7 Å². The van der Waals surface area contributed by atoms with E-state index in [0.29, 0.717) is 16.5 Å². The van der Waals surface area contributed by atoms with Crippen LogP contribution in [0.4, 0.5) is 13.2 Å². The van der Waals surface area contributed by atoms with E-state index in [1.165, 1.54) is 23.0 Å². The van der Waals surface area contributed by atoms with Gasteiger partial charge in [-0.1, -0.05) is 24.3 Å². The fourth-order valence-corrected chi connectivity index (χ4v) is 2.21. The summed E-state index contributed by atoms with van der Waals surface area (Å²) in [4.78, 5) is 16.5. The van der Waals surface area contributed by atoms with Gasteiger partial charge in [-0.25, -0.2) is 4.98 Å². The summed E-state index contributed by atoms with van der Waals surface area (Å²) in [7, 11) is 0. The van der Waals surface area contributed by atoms with Gasteiger partial charge in [-0.3, -0.25) is 9.36 Å². The number of alkyl halides is 3. The first-order chi connectivity index (χ1) is 10.4. The van der Waals surface area contributed by atoms with Crippen LogP contribution in [0, 0.1) is 0 Å². The lowest BCUT2D eigenvalue weighted by molar-refractivity contribution is -0.137. The molecule has 0 aliphatic carbocycles. The molecule has 3 nitrogen and oxygen atoms in total. The van der Waals surface area contributed by atoms with E-state index in [0.717, 1.165) is 12.1 Å². The molecule has 0 N–H and O–H groups in total. The molecule has 1 aromatic heterocycles. The number of hydrogen-bond donors (Lipinski definition) is 0. The molecule has 3 aromatic rings. The summed E-state index contributed by atoms with van der Waals surface area (Å²) in [6.07, 6.45) is -2.96. The van der Waals surface area contributed by atoms with Crippen LogP contribution in [0.25, 0.3) is 10.9 Å². The van der Waals surface area contributed by atoms with Gasteiger partial charge in [0.2, 0.25) is 0 Å². The minimum atomic E-state index is -4.36. The van der Waals surface area contributed by atoms with Gasteiger partial charge < -0.3 is 0 Å². The normalized spacial score (nSPS) is 11.8. The van der Waals surface area contributed by atoms with Crippen LogP contribution >= 0.6 is 0 Å². The molecule has 0 aliphatic rings. The second-order valence-corrected chi connectivity index (χ2v) is 4.89. The van der Waals surface area contributed by atoms with Crippen LogP contribution in [0.3, 0.4) is 0 Å². The van der Waals surface area contributed by atoms with Gasteiger partial charge in [0.05, 0.1) is 29.3 Å². The van der Waals surface area contributed by atoms with Crippen molar-refractivity contribution in [2.24, 2.45) is 0 Å². The quantitative estimate of drug-likeness (QED) is 0.726. The van der Waals surface area contributed by atoms with Crippen LogP contribution in [0.5, 0.6) is 0 Å². The Labute approximate surface area is 123 Å². The summed E-state index contributed by atoms with van der Waals surface area (Å²) in [5.74, 6) is 0. The second-order valence-electron chi connectivity index (χ2n) is 4.89. The number of aromatic nitrogens is 2. The standard InChI is InChI=1S/C16H11F3N2O/c17-16(18,19)12-7-5-11(6-8-12)9-21-10-20-14-4-2-1-3-13(14)15(21)22/h1-8,10H,9H2. The van der Waals surface area contributed by atoms with E-state index >= 15 is 0 Å².